The molecule has 17 heavy (non-hydrogen) atoms. The molecule has 0 aliphatic heterocycles. The van der Waals surface area contributed by atoms with Crippen molar-refractivity contribution < 1.29 is 0 Å². The van der Waals surface area contributed by atoms with Crippen LogP contribution in [0.2, 0.25) is 0 Å². The number of hydrogen-bond donors (Lipinski definition) is 2. The summed E-state index contributed by atoms with van der Waals surface area (Å²) in [6.45, 7) is 0. The average molecular weight is 259 g/mol. The van der Waals surface area contributed by atoms with Crippen molar-refractivity contribution >= 4 is 29.8 Å². The van der Waals surface area contributed by atoms with Gasteiger partial charge in [0.25, 0.3) is 0 Å². The Balaban J connectivity index is 2.89. The van der Waals surface area contributed by atoms with Crippen LogP contribution in [0.25, 0.3) is 11.3 Å². The molecule has 0 fully saturated rings. The average Bonchev–Trinajstić information content (AvgIpc) is 2.81. The maximum atomic E-state index is 9.10. The summed E-state index contributed by atoms with van der Waals surface area (Å²) >= 11 is 5.46. The summed E-state index contributed by atoms with van der Waals surface area (Å²) < 4.78 is 0. The molecule has 0 saturated heterocycles. The Hall–Kier alpha value is -2.09. The Morgan fingerprint density at radius 1 is 1.29 bits per heavy atom. The van der Waals surface area contributed by atoms with Crippen LogP contribution < -0.4 is 5.73 Å². The van der Waals surface area contributed by atoms with E-state index in [1.807, 2.05) is 12.1 Å². The number of pyridine rings is 1. The highest BCUT2D eigenvalue weighted by Crippen LogP contribution is 2.32. The minimum Gasteiger partial charge on any atom is -0.383 e. The van der Waals surface area contributed by atoms with Crippen molar-refractivity contribution in [3.8, 4) is 23.4 Å². The molecule has 0 atom stereocenters. The summed E-state index contributed by atoms with van der Waals surface area (Å²) in [6.07, 6.45) is 0. The molecule has 0 amide bonds. The molecule has 0 saturated carbocycles. The Bertz CT molecular complexity index is 611. The van der Waals surface area contributed by atoms with E-state index < -0.39 is 0 Å². The van der Waals surface area contributed by atoms with E-state index in [0.29, 0.717) is 11.3 Å². The zero-order valence-corrected chi connectivity index (χ0v) is 10.1. The van der Waals surface area contributed by atoms with Gasteiger partial charge < -0.3 is 5.73 Å². The van der Waals surface area contributed by atoms with E-state index in [-0.39, 0.29) is 22.0 Å². The molecule has 2 heterocycles. The number of thiol groups is 1. The number of anilines is 1. The fourth-order valence-electron chi connectivity index (χ4n) is 1.40. The van der Waals surface area contributed by atoms with E-state index >= 15 is 0 Å². The summed E-state index contributed by atoms with van der Waals surface area (Å²) in [5.41, 5.74) is 8.57. The van der Waals surface area contributed by atoms with Gasteiger partial charge in [-0.3, -0.25) is 0 Å². The van der Waals surface area contributed by atoms with Crippen LogP contribution >= 0.6 is 24.0 Å². The molecule has 82 valence electrons. The first kappa shape index (κ1) is 11.4. The number of nitrogen functional groups attached to an aromatic ring is 1. The standard InChI is InChI=1S/C10H5N5S2/c11-1-5-8(7-3-17-4-14-7)6(2-12)10(16)15-9(5)13/h3-4H,(H3,13,15,16). The van der Waals surface area contributed by atoms with Gasteiger partial charge in [-0.2, -0.15) is 10.5 Å². The molecule has 5 nitrogen and oxygen atoms in total. The first-order valence-corrected chi connectivity index (χ1v) is 5.79. The monoisotopic (exact) mass is 259 g/mol. The Labute approximate surface area is 107 Å². The second kappa shape index (κ2) is 4.42. The van der Waals surface area contributed by atoms with Crippen LogP contribution in [0.5, 0.6) is 0 Å². The summed E-state index contributed by atoms with van der Waals surface area (Å²) in [6, 6.07) is 3.92. The van der Waals surface area contributed by atoms with E-state index in [1.54, 1.807) is 10.9 Å². The fourth-order valence-corrected chi connectivity index (χ4v) is 2.21. The largest absolute Gasteiger partial charge is 0.383 e. The molecule has 0 spiro atoms. The lowest BCUT2D eigenvalue weighted by Gasteiger charge is -2.07. The van der Waals surface area contributed by atoms with Gasteiger partial charge in [-0.15, -0.1) is 24.0 Å². The molecule has 2 rings (SSSR count). The van der Waals surface area contributed by atoms with E-state index in [9.17, 15) is 0 Å². The molecular formula is C10H5N5S2. The van der Waals surface area contributed by atoms with Crippen LogP contribution in [-0.4, -0.2) is 9.97 Å². The van der Waals surface area contributed by atoms with Gasteiger partial charge in [0.15, 0.2) is 0 Å². The minimum atomic E-state index is 0.0551. The van der Waals surface area contributed by atoms with Crippen LogP contribution in [0.3, 0.4) is 0 Å². The molecule has 0 aliphatic rings. The van der Waals surface area contributed by atoms with Crippen molar-refractivity contribution in [1.29, 1.82) is 10.5 Å². The van der Waals surface area contributed by atoms with Crippen molar-refractivity contribution in [3.63, 3.8) is 0 Å². The van der Waals surface area contributed by atoms with Gasteiger partial charge in [-0.05, 0) is 0 Å². The zero-order chi connectivity index (χ0) is 12.4. The van der Waals surface area contributed by atoms with Gasteiger partial charge >= 0.3 is 0 Å². The van der Waals surface area contributed by atoms with Gasteiger partial charge in [-0.25, -0.2) is 9.97 Å². The summed E-state index contributed by atoms with van der Waals surface area (Å²) in [4.78, 5) is 7.94. The fraction of sp³-hybridized carbons (Fsp3) is 0. The highest BCUT2D eigenvalue weighted by molar-refractivity contribution is 7.80. The second-order valence-electron chi connectivity index (χ2n) is 3.04. The third-order valence-electron chi connectivity index (χ3n) is 2.12. The van der Waals surface area contributed by atoms with Gasteiger partial charge in [0, 0.05) is 10.9 Å². The molecular weight excluding hydrogens is 254 g/mol. The zero-order valence-electron chi connectivity index (χ0n) is 8.38. The van der Waals surface area contributed by atoms with Gasteiger partial charge in [0.1, 0.15) is 28.5 Å². The van der Waals surface area contributed by atoms with Crippen molar-refractivity contribution in [3.05, 3.63) is 22.0 Å². The van der Waals surface area contributed by atoms with Crippen molar-refractivity contribution in [1.82, 2.24) is 9.97 Å². The van der Waals surface area contributed by atoms with Crippen molar-refractivity contribution in [2.24, 2.45) is 0 Å². The number of nitrogens with zero attached hydrogens (tertiary/aromatic N) is 4. The maximum absolute atomic E-state index is 9.10. The third-order valence-corrected chi connectivity index (χ3v) is 3.03. The molecule has 2 aromatic heterocycles. The molecule has 0 aromatic carbocycles. The number of nitrogens with two attached hydrogens (primary N) is 1. The first-order chi connectivity index (χ1) is 8.19. The Morgan fingerprint density at radius 3 is 2.53 bits per heavy atom. The van der Waals surface area contributed by atoms with Gasteiger partial charge in [-0.1, -0.05) is 0 Å². The number of hydrogen-bond acceptors (Lipinski definition) is 7. The summed E-state index contributed by atoms with van der Waals surface area (Å²) in [5, 5.41) is 20.1. The van der Waals surface area contributed by atoms with Crippen LogP contribution in [0.1, 0.15) is 11.1 Å². The lowest BCUT2D eigenvalue weighted by atomic mass is 10.0. The smallest absolute Gasteiger partial charge is 0.143 e. The number of aromatic nitrogens is 2. The molecule has 2 aromatic rings. The highest BCUT2D eigenvalue weighted by Gasteiger charge is 2.19. The predicted molar refractivity (Wildman–Crippen MR) is 66.4 cm³/mol. The minimum absolute atomic E-state index is 0.0551. The van der Waals surface area contributed by atoms with E-state index in [4.69, 9.17) is 16.3 Å². The Kier molecular flexibility index (Phi) is 2.96. The van der Waals surface area contributed by atoms with Crippen LogP contribution in [0, 0.1) is 22.7 Å². The summed E-state index contributed by atoms with van der Waals surface area (Å²) in [5.74, 6) is 0.0551. The van der Waals surface area contributed by atoms with E-state index in [0.717, 1.165) is 0 Å². The number of rotatable bonds is 1. The van der Waals surface area contributed by atoms with Crippen LogP contribution in [0.15, 0.2) is 15.9 Å². The lowest BCUT2D eigenvalue weighted by Crippen LogP contribution is -2.02. The Morgan fingerprint density at radius 2 is 2.00 bits per heavy atom. The second-order valence-corrected chi connectivity index (χ2v) is 4.19. The SMILES string of the molecule is N#Cc1c(N)nc(S)c(C#N)c1-c1cscn1. The molecule has 2 N–H and O–H groups in total. The van der Waals surface area contributed by atoms with Crippen molar-refractivity contribution in [2.75, 3.05) is 5.73 Å². The maximum Gasteiger partial charge on any atom is 0.143 e. The van der Waals surface area contributed by atoms with Crippen LogP contribution in [0.4, 0.5) is 5.82 Å². The molecule has 0 bridgehead atoms. The molecule has 0 radical (unpaired) electrons. The first-order valence-electron chi connectivity index (χ1n) is 4.40. The third kappa shape index (κ3) is 1.82. The highest BCUT2D eigenvalue weighted by atomic mass is 32.1. The van der Waals surface area contributed by atoms with Gasteiger partial charge in [0.05, 0.1) is 16.8 Å². The molecule has 0 aliphatic carbocycles. The van der Waals surface area contributed by atoms with Crippen molar-refractivity contribution in [2.45, 2.75) is 5.03 Å². The molecule has 0 unspecified atom stereocenters. The number of thiazole rings is 1. The van der Waals surface area contributed by atoms with E-state index in [1.165, 1.54) is 11.3 Å². The predicted octanol–water partition coefficient (Wildman–Crippen LogP) is 1.82. The van der Waals surface area contributed by atoms with Crippen LogP contribution in [-0.2, 0) is 0 Å². The summed E-state index contributed by atoms with van der Waals surface area (Å²) in [7, 11) is 0. The topological polar surface area (TPSA) is 99.4 Å². The lowest BCUT2D eigenvalue weighted by molar-refractivity contribution is 1.12. The van der Waals surface area contributed by atoms with Gasteiger partial charge in [0.2, 0.25) is 0 Å². The molecule has 7 heteroatoms. The van der Waals surface area contributed by atoms with E-state index in [2.05, 4.69) is 22.6 Å². The normalized spacial score (nSPS) is 9.59. The number of nitriles is 2. The quantitative estimate of drug-likeness (QED) is 0.761.